The molecule has 0 aliphatic carbocycles. The third-order valence-electron chi connectivity index (χ3n) is 5.62. The fourth-order valence-corrected chi connectivity index (χ4v) is 4.60. The molecule has 0 bridgehead atoms. The van der Waals surface area contributed by atoms with Crippen LogP contribution in [0.3, 0.4) is 0 Å². The number of hydrogen-bond donors (Lipinski definition) is 1. The molecule has 4 rings (SSSR count). The number of Topliss-reactive ketones (excluding diaryl/α,β-unsaturated/α-hetero) is 1. The number of aromatic nitrogens is 5. The number of carbonyl (C=O) groups excluding carboxylic acids is 2. The van der Waals surface area contributed by atoms with Gasteiger partial charge in [-0.25, -0.2) is 14.8 Å². The summed E-state index contributed by atoms with van der Waals surface area (Å²) in [7, 11) is 3.06. The Bertz CT molecular complexity index is 1580. The molecule has 0 radical (unpaired) electrons. The number of aryl methyl sites for hydroxylation is 1. The molecule has 3 heterocycles. The topological polar surface area (TPSA) is 135 Å². The first-order valence-electron chi connectivity index (χ1n) is 10.9. The number of fused-ring (bicyclic) bond motifs is 1. The maximum absolute atomic E-state index is 13.2. The minimum absolute atomic E-state index is 0.136. The van der Waals surface area contributed by atoms with E-state index in [0.717, 1.165) is 16.3 Å². The smallest absolute Gasteiger partial charge is 0.332 e. The number of rotatable bonds is 8. The van der Waals surface area contributed by atoms with E-state index in [1.165, 1.54) is 11.6 Å². The van der Waals surface area contributed by atoms with Crippen molar-refractivity contribution in [1.82, 2.24) is 23.7 Å². The molecule has 2 N–H and O–H groups in total. The Labute approximate surface area is 204 Å². The van der Waals surface area contributed by atoms with E-state index in [1.807, 2.05) is 19.1 Å². The molecule has 0 unspecified atom stereocenters. The molecule has 0 saturated heterocycles. The Kier molecular flexibility index (Phi) is 6.70. The van der Waals surface area contributed by atoms with Gasteiger partial charge in [0.25, 0.3) is 5.56 Å². The largest absolute Gasteiger partial charge is 0.384 e. The fraction of sp³-hybridized carbons (Fsp3) is 0.250. The van der Waals surface area contributed by atoms with Crippen LogP contribution >= 0.6 is 11.8 Å². The van der Waals surface area contributed by atoms with Gasteiger partial charge in [-0.1, -0.05) is 36.9 Å². The average molecular weight is 493 g/mol. The van der Waals surface area contributed by atoms with Crippen LogP contribution in [0, 0.1) is 0 Å². The molecule has 4 aromatic rings. The van der Waals surface area contributed by atoms with Crippen LogP contribution in [0.2, 0.25) is 0 Å². The summed E-state index contributed by atoms with van der Waals surface area (Å²) in [6.45, 7) is 2.15. The van der Waals surface area contributed by atoms with E-state index in [1.54, 1.807) is 42.2 Å². The lowest BCUT2D eigenvalue weighted by molar-refractivity contribution is 0.101. The van der Waals surface area contributed by atoms with Crippen LogP contribution in [0.4, 0.5) is 5.82 Å². The van der Waals surface area contributed by atoms with E-state index in [9.17, 15) is 19.2 Å². The second-order valence-corrected chi connectivity index (χ2v) is 8.98. The summed E-state index contributed by atoms with van der Waals surface area (Å²) in [6.07, 6.45) is 3.85. The van der Waals surface area contributed by atoms with Crippen LogP contribution in [0.5, 0.6) is 0 Å². The van der Waals surface area contributed by atoms with Gasteiger partial charge in [0.05, 0.1) is 16.3 Å². The lowest BCUT2D eigenvalue weighted by Crippen LogP contribution is -2.42. The van der Waals surface area contributed by atoms with Gasteiger partial charge < -0.3 is 10.3 Å². The molecular weight excluding hydrogens is 468 g/mol. The summed E-state index contributed by atoms with van der Waals surface area (Å²) in [5.74, 6) is -0.796. The zero-order valence-electron chi connectivity index (χ0n) is 19.5. The third-order valence-corrected chi connectivity index (χ3v) is 6.53. The molecule has 0 aliphatic rings. The molecule has 180 valence electrons. The number of ketones is 2. The van der Waals surface area contributed by atoms with Gasteiger partial charge in [0, 0.05) is 44.0 Å². The van der Waals surface area contributed by atoms with Gasteiger partial charge in [-0.15, -0.1) is 0 Å². The number of nitrogen functional groups attached to an aromatic ring is 1. The maximum Gasteiger partial charge on any atom is 0.332 e. The summed E-state index contributed by atoms with van der Waals surface area (Å²) < 4.78 is 3.76. The van der Waals surface area contributed by atoms with Gasteiger partial charge >= 0.3 is 5.69 Å². The zero-order chi connectivity index (χ0) is 25.3. The predicted octanol–water partition coefficient (Wildman–Crippen LogP) is 2.03. The summed E-state index contributed by atoms with van der Waals surface area (Å²) in [5.41, 5.74) is 5.55. The molecule has 11 heteroatoms. The average Bonchev–Trinajstić information content (AvgIpc) is 3.29. The van der Waals surface area contributed by atoms with E-state index in [4.69, 9.17) is 5.73 Å². The van der Waals surface area contributed by atoms with Gasteiger partial charge in [-0.3, -0.25) is 23.5 Å². The highest BCUT2D eigenvalue weighted by molar-refractivity contribution is 7.99. The number of imidazole rings is 1. The number of nitrogens with zero attached hydrogens (tertiary/aromatic N) is 5. The third kappa shape index (κ3) is 4.42. The first kappa shape index (κ1) is 24.1. The molecule has 3 aromatic heterocycles. The Balaban J connectivity index is 1.70. The number of pyridine rings is 1. The van der Waals surface area contributed by atoms with Crippen LogP contribution in [0.1, 0.15) is 39.9 Å². The summed E-state index contributed by atoms with van der Waals surface area (Å²) in [6, 6.07) is 8.84. The summed E-state index contributed by atoms with van der Waals surface area (Å²) in [5, 5.41) is 1.10. The normalized spacial score (nSPS) is 11.2. The molecule has 0 saturated carbocycles. The predicted molar refractivity (Wildman–Crippen MR) is 134 cm³/mol. The number of para-hydroxylation sites is 1. The molecule has 0 aliphatic heterocycles. The Morgan fingerprint density at radius 2 is 1.89 bits per heavy atom. The van der Waals surface area contributed by atoms with Crippen LogP contribution in [-0.4, -0.2) is 41.0 Å². The lowest BCUT2D eigenvalue weighted by Gasteiger charge is -2.14. The fourth-order valence-electron chi connectivity index (χ4n) is 3.81. The van der Waals surface area contributed by atoms with Crippen molar-refractivity contribution in [2.24, 2.45) is 14.1 Å². The van der Waals surface area contributed by atoms with Gasteiger partial charge in [-0.05, 0) is 18.6 Å². The first-order valence-corrected chi connectivity index (χ1v) is 11.9. The Morgan fingerprint density at radius 1 is 1.14 bits per heavy atom. The van der Waals surface area contributed by atoms with Crippen molar-refractivity contribution in [3.05, 3.63) is 80.5 Å². The summed E-state index contributed by atoms with van der Waals surface area (Å²) >= 11 is 1.09. The highest BCUT2D eigenvalue weighted by Crippen LogP contribution is 2.26. The van der Waals surface area contributed by atoms with Crippen molar-refractivity contribution in [1.29, 1.82) is 0 Å². The Hall–Kier alpha value is -3.99. The zero-order valence-corrected chi connectivity index (χ0v) is 20.3. The van der Waals surface area contributed by atoms with Crippen molar-refractivity contribution in [3.8, 4) is 0 Å². The number of anilines is 1. The minimum atomic E-state index is -0.734. The number of benzene rings is 1. The van der Waals surface area contributed by atoms with E-state index >= 15 is 0 Å². The van der Waals surface area contributed by atoms with Gasteiger partial charge in [0.2, 0.25) is 5.78 Å². The van der Waals surface area contributed by atoms with E-state index in [2.05, 4.69) is 9.97 Å². The van der Waals surface area contributed by atoms with Gasteiger partial charge in [0.15, 0.2) is 11.6 Å². The van der Waals surface area contributed by atoms with Crippen LogP contribution in [0.25, 0.3) is 10.9 Å². The summed E-state index contributed by atoms with van der Waals surface area (Å²) in [4.78, 5) is 60.1. The number of hydrogen-bond acceptors (Lipinski definition) is 8. The minimum Gasteiger partial charge on any atom is -0.384 e. The molecule has 0 amide bonds. The quantitative estimate of drug-likeness (QED) is 0.292. The molecular formula is C24H24N6O4S. The van der Waals surface area contributed by atoms with Crippen LogP contribution in [0.15, 0.2) is 57.3 Å². The van der Waals surface area contributed by atoms with E-state index in [0.29, 0.717) is 27.9 Å². The monoisotopic (exact) mass is 492 g/mol. The Morgan fingerprint density at radius 3 is 2.57 bits per heavy atom. The molecule has 10 nitrogen and oxygen atoms in total. The van der Waals surface area contributed by atoms with Crippen molar-refractivity contribution in [3.63, 3.8) is 0 Å². The number of nitrogens with two attached hydrogens (primary N) is 1. The first-order chi connectivity index (χ1) is 16.7. The van der Waals surface area contributed by atoms with Crippen molar-refractivity contribution in [2.75, 3.05) is 11.5 Å². The number of thioether (sulfide) groups is 1. The molecule has 35 heavy (non-hydrogen) atoms. The van der Waals surface area contributed by atoms with Crippen molar-refractivity contribution in [2.45, 2.75) is 24.9 Å². The molecule has 0 spiro atoms. The van der Waals surface area contributed by atoms with E-state index < -0.39 is 17.0 Å². The number of carbonyl (C=O) groups is 2. The second kappa shape index (κ2) is 9.71. The standard InChI is InChI=1S/C24H24N6O4S/c1-4-10-30-21(25)19(23(33)29(3)24(30)34)17(31)13-35-18-12-15(14-7-5-6-8-16(14)27-18)20(32)22-26-9-11-28(22)2/h5-9,11-12H,4,10,13,25H2,1-3H3. The molecule has 0 atom stereocenters. The highest BCUT2D eigenvalue weighted by Gasteiger charge is 2.23. The SMILES string of the molecule is CCCn1c(N)c(C(=O)CSc2cc(C(=O)c3nccn3C)c3ccccc3n2)c(=O)n(C)c1=O. The van der Waals surface area contributed by atoms with Crippen LogP contribution < -0.4 is 17.0 Å². The van der Waals surface area contributed by atoms with Crippen LogP contribution in [-0.2, 0) is 20.6 Å². The van der Waals surface area contributed by atoms with Gasteiger partial charge in [-0.2, -0.15) is 0 Å². The maximum atomic E-state index is 13.2. The lowest BCUT2D eigenvalue weighted by atomic mass is 10.1. The second-order valence-electron chi connectivity index (χ2n) is 7.99. The molecule has 1 aromatic carbocycles. The highest BCUT2D eigenvalue weighted by atomic mass is 32.2. The van der Waals surface area contributed by atoms with Gasteiger partial charge in [0.1, 0.15) is 11.4 Å². The van der Waals surface area contributed by atoms with Crippen molar-refractivity contribution < 1.29 is 9.59 Å². The molecule has 0 fully saturated rings. The van der Waals surface area contributed by atoms with Crippen molar-refractivity contribution >= 4 is 40.0 Å². The van der Waals surface area contributed by atoms with E-state index in [-0.39, 0.29) is 35.3 Å².